The fourth-order valence-corrected chi connectivity index (χ4v) is 2.51. The highest BCUT2D eigenvalue weighted by Gasteiger charge is 2.06. The molecule has 0 bridgehead atoms. The van der Waals surface area contributed by atoms with E-state index in [0.29, 0.717) is 6.61 Å². The van der Waals surface area contributed by atoms with E-state index in [9.17, 15) is 0 Å². The molecule has 0 spiro atoms. The fourth-order valence-electron chi connectivity index (χ4n) is 2.18. The minimum Gasteiger partial charge on any atom is -0.488 e. The summed E-state index contributed by atoms with van der Waals surface area (Å²) < 4.78 is 5.98. The first-order valence-corrected chi connectivity index (χ1v) is 7.56. The monoisotopic (exact) mass is 318 g/mol. The lowest BCUT2D eigenvalue weighted by Crippen LogP contribution is -1.99. The Balaban J connectivity index is 2.13. The van der Waals surface area contributed by atoms with E-state index in [4.69, 9.17) is 4.74 Å². The summed E-state index contributed by atoms with van der Waals surface area (Å²) in [4.78, 5) is 0. The molecule has 0 atom stereocenters. The normalized spacial score (nSPS) is 10.5. The van der Waals surface area contributed by atoms with Gasteiger partial charge in [0.25, 0.3) is 0 Å². The van der Waals surface area contributed by atoms with Crippen molar-refractivity contribution in [1.29, 1.82) is 0 Å². The van der Waals surface area contributed by atoms with Crippen molar-refractivity contribution in [2.24, 2.45) is 0 Å². The van der Waals surface area contributed by atoms with E-state index in [1.807, 2.05) is 0 Å². The van der Waals surface area contributed by atoms with E-state index in [1.165, 1.54) is 27.8 Å². The van der Waals surface area contributed by atoms with E-state index in [-0.39, 0.29) is 0 Å². The molecule has 2 aromatic rings. The average Bonchev–Trinajstić information content (AvgIpc) is 2.39. The number of benzene rings is 2. The van der Waals surface area contributed by atoms with Crippen molar-refractivity contribution in [1.82, 2.24) is 0 Å². The number of aryl methyl sites for hydroxylation is 3. The Morgan fingerprint density at radius 2 is 1.47 bits per heavy atom. The van der Waals surface area contributed by atoms with Crippen LogP contribution in [0, 0.1) is 20.8 Å². The zero-order valence-corrected chi connectivity index (χ0v) is 13.3. The van der Waals surface area contributed by atoms with E-state index in [1.54, 1.807) is 0 Å². The predicted octanol–water partition coefficient (Wildman–Crippen LogP) is 5.09. The van der Waals surface area contributed by atoms with Crippen molar-refractivity contribution >= 4 is 15.9 Å². The second-order valence-corrected chi connectivity index (χ2v) is 5.53. The largest absolute Gasteiger partial charge is 0.488 e. The van der Waals surface area contributed by atoms with Gasteiger partial charge in [0.2, 0.25) is 0 Å². The van der Waals surface area contributed by atoms with E-state index < -0.39 is 0 Å². The summed E-state index contributed by atoms with van der Waals surface area (Å²) >= 11 is 3.49. The molecule has 0 unspecified atom stereocenters. The standard InChI is InChI=1S/C17H19BrO/c1-12-4-6-15(7-5-12)11-19-17-13(2)8-16(10-18)9-14(17)3/h4-9H,10-11H2,1-3H3. The maximum absolute atomic E-state index is 5.98. The molecular formula is C17H19BrO. The van der Waals surface area contributed by atoms with Crippen LogP contribution in [0.2, 0.25) is 0 Å². The number of hydrogen-bond donors (Lipinski definition) is 0. The van der Waals surface area contributed by atoms with Crippen molar-refractivity contribution in [3.05, 3.63) is 64.2 Å². The van der Waals surface area contributed by atoms with Gasteiger partial charge in [-0.3, -0.25) is 0 Å². The highest BCUT2D eigenvalue weighted by Crippen LogP contribution is 2.26. The number of ether oxygens (including phenoxy) is 1. The van der Waals surface area contributed by atoms with Crippen molar-refractivity contribution in [3.8, 4) is 5.75 Å². The summed E-state index contributed by atoms with van der Waals surface area (Å²) in [5, 5.41) is 0.882. The first-order chi connectivity index (χ1) is 9.10. The molecule has 100 valence electrons. The minimum absolute atomic E-state index is 0.621. The molecule has 2 rings (SSSR count). The third-order valence-electron chi connectivity index (χ3n) is 3.18. The third-order valence-corrected chi connectivity index (χ3v) is 3.83. The summed E-state index contributed by atoms with van der Waals surface area (Å²) in [7, 11) is 0. The molecule has 19 heavy (non-hydrogen) atoms. The van der Waals surface area contributed by atoms with Gasteiger partial charge in [0.05, 0.1) is 0 Å². The maximum atomic E-state index is 5.98. The lowest BCUT2D eigenvalue weighted by Gasteiger charge is -2.13. The zero-order valence-electron chi connectivity index (χ0n) is 11.7. The zero-order chi connectivity index (χ0) is 13.8. The van der Waals surface area contributed by atoms with Crippen LogP contribution in [-0.2, 0) is 11.9 Å². The van der Waals surface area contributed by atoms with Gasteiger partial charge in [-0.05, 0) is 43.0 Å². The van der Waals surface area contributed by atoms with Crippen LogP contribution in [-0.4, -0.2) is 0 Å². The van der Waals surface area contributed by atoms with Crippen LogP contribution in [0.5, 0.6) is 5.75 Å². The summed E-state index contributed by atoms with van der Waals surface area (Å²) in [6.07, 6.45) is 0. The average molecular weight is 319 g/mol. The molecule has 1 nitrogen and oxygen atoms in total. The van der Waals surface area contributed by atoms with Crippen molar-refractivity contribution < 1.29 is 4.74 Å². The number of hydrogen-bond acceptors (Lipinski definition) is 1. The summed E-state index contributed by atoms with van der Waals surface area (Å²) in [6.45, 7) is 6.92. The predicted molar refractivity (Wildman–Crippen MR) is 84.1 cm³/mol. The van der Waals surface area contributed by atoms with Crippen LogP contribution in [0.15, 0.2) is 36.4 Å². The van der Waals surface area contributed by atoms with Crippen LogP contribution in [0.3, 0.4) is 0 Å². The van der Waals surface area contributed by atoms with Gasteiger partial charge in [0.15, 0.2) is 0 Å². The van der Waals surface area contributed by atoms with Crippen molar-refractivity contribution in [2.75, 3.05) is 0 Å². The lowest BCUT2D eigenvalue weighted by molar-refractivity contribution is 0.302. The van der Waals surface area contributed by atoms with E-state index >= 15 is 0 Å². The van der Waals surface area contributed by atoms with Gasteiger partial charge >= 0.3 is 0 Å². The molecule has 0 N–H and O–H groups in total. The molecule has 0 saturated carbocycles. The molecule has 0 heterocycles. The highest BCUT2D eigenvalue weighted by atomic mass is 79.9. The number of rotatable bonds is 4. The van der Waals surface area contributed by atoms with E-state index in [2.05, 4.69) is 73.1 Å². The van der Waals surface area contributed by atoms with Crippen LogP contribution >= 0.6 is 15.9 Å². The van der Waals surface area contributed by atoms with Gasteiger partial charge in [0, 0.05) is 5.33 Å². The van der Waals surface area contributed by atoms with Crippen LogP contribution in [0.4, 0.5) is 0 Å². The second-order valence-electron chi connectivity index (χ2n) is 4.97. The Hall–Kier alpha value is -1.28. The Morgan fingerprint density at radius 1 is 0.895 bits per heavy atom. The van der Waals surface area contributed by atoms with Gasteiger partial charge < -0.3 is 4.74 Å². The third kappa shape index (κ3) is 3.60. The molecule has 0 aliphatic rings. The Morgan fingerprint density at radius 3 is 2.00 bits per heavy atom. The Bertz CT molecular complexity index is 535. The van der Waals surface area contributed by atoms with Crippen molar-refractivity contribution in [2.45, 2.75) is 32.7 Å². The molecule has 2 aromatic carbocycles. The molecule has 0 amide bonds. The van der Waals surface area contributed by atoms with Gasteiger partial charge in [-0.15, -0.1) is 0 Å². The van der Waals surface area contributed by atoms with Gasteiger partial charge in [-0.1, -0.05) is 57.9 Å². The van der Waals surface area contributed by atoms with Crippen LogP contribution in [0.25, 0.3) is 0 Å². The molecule has 0 aliphatic heterocycles. The topological polar surface area (TPSA) is 9.23 Å². The molecule has 0 aromatic heterocycles. The Labute approximate surface area is 123 Å². The molecular weight excluding hydrogens is 300 g/mol. The quantitative estimate of drug-likeness (QED) is 0.714. The minimum atomic E-state index is 0.621. The molecule has 0 aliphatic carbocycles. The van der Waals surface area contributed by atoms with Gasteiger partial charge in [-0.25, -0.2) is 0 Å². The van der Waals surface area contributed by atoms with Crippen LogP contribution in [0.1, 0.15) is 27.8 Å². The van der Waals surface area contributed by atoms with Crippen molar-refractivity contribution in [3.63, 3.8) is 0 Å². The first-order valence-electron chi connectivity index (χ1n) is 6.44. The molecule has 0 radical (unpaired) electrons. The smallest absolute Gasteiger partial charge is 0.125 e. The number of halogens is 1. The first kappa shape index (κ1) is 14.1. The summed E-state index contributed by atoms with van der Waals surface area (Å²) in [5.74, 6) is 1.00. The highest BCUT2D eigenvalue weighted by molar-refractivity contribution is 9.08. The second kappa shape index (κ2) is 6.25. The van der Waals surface area contributed by atoms with Gasteiger partial charge in [0.1, 0.15) is 12.4 Å². The summed E-state index contributed by atoms with van der Waals surface area (Å²) in [6, 6.07) is 12.8. The molecule has 2 heteroatoms. The SMILES string of the molecule is Cc1ccc(COc2c(C)cc(CBr)cc2C)cc1. The summed E-state index contributed by atoms with van der Waals surface area (Å²) in [5.41, 5.74) is 6.16. The van der Waals surface area contributed by atoms with Gasteiger partial charge in [-0.2, -0.15) is 0 Å². The lowest BCUT2D eigenvalue weighted by atomic mass is 10.1. The van der Waals surface area contributed by atoms with Crippen LogP contribution < -0.4 is 4.74 Å². The van der Waals surface area contributed by atoms with E-state index in [0.717, 1.165) is 11.1 Å². The molecule has 0 saturated heterocycles. The fraction of sp³-hybridized carbons (Fsp3) is 0.294. The maximum Gasteiger partial charge on any atom is 0.125 e. The Kier molecular flexibility index (Phi) is 4.65. The molecule has 0 fully saturated rings. The number of alkyl halides is 1.